The van der Waals surface area contributed by atoms with E-state index in [2.05, 4.69) is 5.32 Å². The standard InChI is InChI=1S/C9H18N2O/c10-3-4-12-9-5-7-1-2-8(6-9)11-7/h7-9,11H,1-6,10H2. The Kier molecular flexibility index (Phi) is 2.63. The lowest BCUT2D eigenvalue weighted by Crippen LogP contribution is -2.41. The Bertz CT molecular complexity index is 139. The predicted octanol–water partition coefficient (Wildman–Crippen LogP) is 0.245. The van der Waals surface area contributed by atoms with Crippen LogP contribution in [0.2, 0.25) is 0 Å². The lowest BCUT2D eigenvalue weighted by Gasteiger charge is -2.28. The van der Waals surface area contributed by atoms with Crippen molar-refractivity contribution in [1.82, 2.24) is 5.32 Å². The molecule has 0 aromatic heterocycles. The van der Waals surface area contributed by atoms with E-state index in [0.717, 1.165) is 18.7 Å². The molecular formula is C9H18N2O. The molecule has 0 spiro atoms. The number of nitrogens with one attached hydrogen (secondary N) is 1. The lowest BCUT2D eigenvalue weighted by atomic mass is 10.0. The third-order valence-corrected chi connectivity index (χ3v) is 2.90. The SMILES string of the molecule is NCCOC1CC2CCC(C1)N2. The van der Waals surface area contributed by atoms with Crippen LogP contribution in [0.25, 0.3) is 0 Å². The summed E-state index contributed by atoms with van der Waals surface area (Å²) in [6, 6.07) is 1.46. The van der Waals surface area contributed by atoms with E-state index in [4.69, 9.17) is 10.5 Å². The molecule has 2 rings (SSSR count). The highest BCUT2D eigenvalue weighted by Crippen LogP contribution is 2.28. The zero-order valence-corrected chi connectivity index (χ0v) is 7.46. The summed E-state index contributed by atoms with van der Waals surface area (Å²) in [4.78, 5) is 0. The number of rotatable bonds is 3. The molecule has 2 bridgehead atoms. The van der Waals surface area contributed by atoms with Crippen molar-refractivity contribution in [2.75, 3.05) is 13.2 Å². The van der Waals surface area contributed by atoms with Crippen molar-refractivity contribution < 1.29 is 4.74 Å². The van der Waals surface area contributed by atoms with Crippen LogP contribution in [0.1, 0.15) is 25.7 Å². The maximum Gasteiger partial charge on any atom is 0.0605 e. The zero-order chi connectivity index (χ0) is 8.39. The van der Waals surface area contributed by atoms with Crippen LogP contribution in [-0.2, 0) is 4.74 Å². The average molecular weight is 170 g/mol. The molecule has 3 heteroatoms. The molecule has 2 unspecified atom stereocenters. The minimum Gasteiger partial charge on any atom is -0.377 e. The Morgan fingerprint density at radius 1 is 1.25 bits per heavy atom. The van der Waals surface area contributed by atoms with Crippen molar-refractivity contribution in [2.45, 2.75) is 43.9 Å². The van der Waals surface area contributed by atoms with Gasteiger partial charge in [0.2, 0.25) is 0 Å². The number of piperidine rings is 1. The summed E-state index contributed by atoms with van der Waals surface area (Å²) >= 11 is 0. The fourth-order valence-corrected chi connectivity index (χ4v) is 2.38. The second kappa shape index (κ2) is 3.73. The van der Waals surface area contributed by atoms with E-state index < -0.39 is 0 Å². The summed E-state index contributed by atoms with van der Waals surface area (Å²) in [5, 5.41) is 3.59. The Morgan fingerprint density at radius 3 is 2.50 bits per heavy atom. The van der Waals surface area contributed by atoms with Gasteiger partial charge in [0.25, 0.3) is 0 Å². The molecule has 0 amide bonds. The van der Waals surface area contributed by atoms with E-state index in [0.29, 0.717) is 12.6 Å². The predicted molar refractivity (Wildman–Crippen MR) is 48.0 cm³/mol. The number of nitrogens with two attached hydrogens (primary N) is 1. The van der Waals surface area contributed by atoms with Crippen molar-refractivity contribution in [1.29, 1.82) is 0 Å². The fraction of sp³-hybridized carbons (Fsp3) is 1.00. The van der Waals surface area contributed by atoms with Gasteiger partial charge in [0.1, 0.15) is 0 Å². The van der Waals surface area contributed by atoms with E-state index in [1.54, 1.807) is 0 Å². The molecule has 2 aliphatic heterocycles. The highest BCUT2D eigenvalue weighted by atomic mass is 16.5. The van der Waals surface area contributed by atoms with E-state index in [1.807, 2.05) is 0 Å². The second-order valence-corrected chi connectivity index (χ2v) is 3.89. The first kappa shape index (κ1) is 8.48. The summed E-state index contributed by atoms with van der Waals surface area (Å²) in [6.45, 7) is 1.38. The van der Waals surface area contributed by atoms with E-state index in [1.165, 1.54) is 25.7 Å². The van der Waals surface area contributed by atoms with Crippen LogP contribution in [0.5, 0.6) is 0 Å². The van der Waals surface area contributed by atoms with Crippen LogP contribution in [0.3, 0.4) is 0 Å². The summed E-state index contributed by atoms with van der Waals surface area (Å²) < 4.78 is 5.65. The van der Waals surface area contributed by atoms with Crippen molar-refractivity contribution >= 4 is 0 Å². The molecule has 2 aliphatic rings. The molecule has 70 valence electrons. The highest BCUT2D eigenvalue weighted by Gasteiger charge is 2.33. The Hall–Kier alpha value is -0.120. The monoisotopic (exact) mass is 170 g/mol. The van der Waals surface area contributed by atoms with Gasteiger partial charge in [-0.25, -0.2) is 0 Å². The van der Waals surface area contributed by atoms with Gasteiger partial charge in [-0.05, 0) is 25.7 Å². The fourth-order valence-electron chi connectivity index (χ4n) is 2.38. The molecule has 3 N–H and O–H groups in total. The van der Waals surface area contributed by atoms with Crippen molar-refractivity contribution in [3.8, 4) is 0 Å². The van der Waals surface area contributed by atoms with Gasteiger partial charge >= 0.3 is 0 Å². The van der Waals surface area contributed by atoms with Crippen LogP contribution in [0.4, 0.5) is 0 Å². The van der Waals surface area contributed by atoms with Gasteiger partial charge in [-0.1, -0.05) is 0 Å². The highest BCUT2D eigenvalue weighted by molar-refractivity contribution is 4.92. The average Bonchev–Trinajstić information content (AvgIpc) is 2.42. The number of hydrogen-bond donors (Lipinski definition) is 2. The summed E-state index contributed by atoms with van der Waals surface area (Å²) in [7, 11) is 0. The molecule has 2 heterocycles. The van der Waals surface area contributed by atoms with E-state index in [9.17, 15) is 0 Å². The van der Waals surface area contributed by atoms with E-state index in [-0.39, 0.29) is 0 Å². The maximum absolute atomic E-state index is 5.65. The number of ether oxygens (including phenoxy) is 1. The molecule has 2 atom stereocenters. The van der Waals surface area contributed by atoms with Gasteiger partial charge < -0.3 is 15.8 Å². The molecule has 2 saturated heterocycles. The second-order valence-electron chi connectivity index (χ2n) is 3.89. The molecule has 12 heavy (non-hydrogen) atoms. The molecule has 2 fully saturated rings. The number of fused-ring (bicyclic) bond motifs is 2. The summed E-state index contributed by atoms with van der Waals surface area (Å²) in [6.07, 6.45) is 5.54. The largest absolute Gasteiger partial charge is 0.377 e. The lowest BCUT2D eigenvalue weighted by molar-refractivity contribution is 0.0249. The van der Waals surface area contributed by atoms with Crippen molar-refractivity contribution in [2.24, 2.45) is 5.73 Å². The van der Waals surface area contributed by atoms with Crippen LogP contribution in [0.15, 0.2) is 0 Å². The van der Waals surface area contributed by atoms with Gasteiger partial charge in [0, 0.05) is 18.6 Å². The Labute approximate surface area is 73.7 Å². The van der Waals surface area contributed by atoms with Gasteiger partial charge in [-0.15, -0.1) is 0 Å². The van der Waals surface area contributed by atoms with Gasteiger partial charge in [-0.3, -0.25) is 0 Å². The maximum atomic E-state index is 5.65. The summed E-state index contributed by atoms with van der Waals surface area (Å²) in [5.74, 6) is 0. The smallest absolute Gasteiger partial charge is 0.0605 e. The molecule has 0 radical (unpaired) electrons. The normalized spacial score (nSPS) is 40.2. The van der Waals surface area contributed by atoms with E-state index >= 15 is 0 Å². The first-order valence-electron chi connectivity index (χ1n) is 4.96. The minimum atomic E-state index is 0.479. The molecule has 0 aliphatic carbocycles. The third kappa shape index (κ3) is 1.79. The first-order valence-corrected chi connectivity index (χ1v) is 4.96. The molecule has 3 nitrogen and oxygen atoms in total. The topological polar surface area (TPSA) is 47.3 Å². The summed E-state index contributed by atoms with van der Waals surface area (Å²) in [5.41, 5.74) is 5.39. The quantitative estimate of drug-likeness (QED) is 0.638. The van der Waals surface area contributed by atoms with Crippen LogP contribution in [0, 0.1) is 0 Å². The first-order chi connectivity index (χ1) is 5.88. The number of hydrogen-bond acceptors (Lipinski definition) is 3. The molecular weight excluding hydrogens is 152 g/mol. The Balaban J connectivity index is 1.78. The molecule has 0 aromatic carbocycles. The Morgan fingerprint density at radius 2 is 1.92 bits per heavy atom. The van der Waals surface area contributed by atoms with Crippen LogP contribution < -0.4 is 11.1 Å². The zero-order valence-electron chi connectivity index (χ0n) is 7.46. The van der Waals surface area contributed by atoms with Crippen molar-refractivity contribution in [3.63, 3.8) is 0 Å². The molecule has 0 saturated carbocycles. The van der Waals surface area contributed by atoms with Crippen LogP contribution in [-0.4, -0.2) is 31.3 Å². The van der Waals surface area contributed by atoms with Gasteiger partial charge in [0.05, 0.1) is 12.7 Å². The van der Waals surface area contributed by atoms with Gasteiger partial charge in [0.15, 0.2) is 0 Å². The third-order valence-electron chi connectivity index (χ3n) is 2.90. The van der Waals surface area contributed by atoms with Gasteiger partial charge in [-0.2, -0.15) is 0 Å². The molecule has 0 aromatic rings. The minimum absolute atomic E-state index is 0.479. The van der Waals surface area contributed by atoms with Crippen LogP contribution >= 0.6 is 0 Å². The van der Waals surface area contributed by atoms with Crippen molar-refractivity contribution in [3.05, 3.63) is 0 Å².